The normalized spacial score (nSPS) is 11.6. The quantitative estimate of drug-likeness (QED) is 0.195. The molecular formula is C39H29N3. The second kappa shape index (κ2) is 11.1. The molecule has 0 amide bonds. The molecule has 42 heavy (non-hydrogen) atoms. The van der Waals surface area contributed by atoms with Gasteiger partial charge in [-0.25, -0.2) is 0 Å². The Bertz CT molecular complexity index is 1980. The van der Waals surface area contributed by atoms with Crippen molar-refractivity contribution in [3.8, 4) is 22.3 Å². The Morgan fingerprint density at radius 2 is 0.857 bits per heavy atom. The third kappa shape index (κ3) is 4.89. The zero-order valence-electron chi connectivity index (χ0n) is 23.0. The van der Waals surface area contributed by atoms with Crippen molar-refractivity contribution in [3.63, 3.8) is 0 Å². The van der Waals surface area contributed by atoms with Gasteiger partial charge in [0.15, 0.2) is 0 Å². The first-order valence-electron chi connectivity index (χ1n) is 14.1. The minimum Gasteiger partial charge on any atom is -0.300 e. The maximum absolute atomic E-state index is 9.09. The number of fused-ring (bicyclic) bond motifs is 3. The smallest absolute Gasteiger partial charge is 0.0709 e. The molecule has 7 aromatic rings. The van der Waals surface area contributed by atoms with Crippen molar-refractivity contribution in [2.24, 2.45) is 0 Å². The van der Waals surface area contributed by atoms with Gasteiger partial charge in [-0.3, -0.25) is 10.1 Å². The van der Waals surface area contributed by atoms with Gasteiger partial charge in [-0.2, -0.15) is 0 Å². The van der Waals surface area contributed by atoms with Crippen molar-refractivity contribution >= 4 is 33.2 Å². The number of allylic oxidation sites excluding steroid dienone is 1. The van der Waals surface area contributed by atoms with Gasteiger partial charge in [0, 0.05) is 10.8 Å². The van der Waals surface area contributed by atoms with Crippen molar-refractivity contribution in [2.45, 2.75) is 0 Å². The van der Waals surface area contributed by atoms with Crippen molar-refractivity contribution < 1.29 is 0 Å². The van der Waals surface area contributed by atoms with Crippen LogP contribution < -0.4 is 5.43 Å². The van der Waals surface area contributed by atoms with Crippen molar-refractivity contribution in [1.82, 2.24) is 4.68 Å². The van der Waals surface area contributed by atoms with Gasteiger partial charge < -0.3 is 5.41 Å². The first kappa shape index (κ1) is 25.3. The summed E-state index contributed by atoms with van der Waals surface area (Å²) in [4.78, 5) is 0. The van der Waals surface area contributed by atoms with Gasteiger partial charge >= 0.3 is 0 Å². The first-order chi connectivity index (χ1) is 20.7. The van der Waals surface area contributed by atoms with Crippen LogP contribution in [0.5, 0.6) is 0 Å². The molecule has 0 saturated heterocycles. The van der Waals surface area contributed by atoms with Crippen LogP contribution in [0.3, 0.4) is 0 Å². The Hall–Kier alpha value is -5.67. The monoisotopic (exact) mass is 539 g/mol. The number of nitrogens with zero attached hydrogens (tertiary/aromatic N) is 1. The molecule has 0 radical (unpaired) electrons. The van der Waals surface area contributed by atoms with E-state index in [1.807, 2.05) is 42.5 Å². The molecule has 0 atom stereocenters. The lowest BCUT2D eigenvalue weighted by Gasteiger charge is -2.16. The molecule has 0 aliphatic carbocycles. The summed E-state index contributed by atoms with van der Waals surface area (Å²) in [5, 5.41) is 11.5. The SMILES string of the molecule is N=C(/C=C(\Nn1c2ccccc2c2ccccc21)c1ccc(-c2ccccc2)cc1)c1ccc(-c2ccccc2)cc1. The summed E-state index contributed by atoms with van der Waals surface area (Å²) in [6.07, 6.45) is 1.93. The summed E-state index contributed by atoms with van der Waals surface area (Å²) >= 11 is 0. The summed E-state index contributed by atoms with van der Waals surface area (Å²) in [5.74, 6) is 0. The minimum atomic E-state index is 0.435. The molecule has 3 nitrogen and oxygen atoms in total. The molecule has 2 N–H and O–H groups in total. The van der Waals surface area contributed by atoms with E-state index in [2.05, 4.69) is 131 Å². The van der Waals surface area contributed by atoms with Gasteiger partial charge in [-0.15, -0.1) is 0 Å². The van der Waals surface area contributed by atoms with E-state index in [0.717, 1.165) is 39.0 Å². The lowest BCUT2D eigenvalue weighted by atomic mass is 10.00. The first-order valence-corrected chi connectivity index (χ1v) is 14.1. The minimum absolute atomic E-state index is 0.435. The molecule has 3 heteroatoms. The van der Waals surface area contributed by atoms with Crippen LogP contribution in [0.4, 0.5) is 0 Å². The molecule has 6 aromatic carbocycles. The zero-order valence-corrected chi connectivity index (χ0v) is 23.0. The highest BCUT2D eigenvalue weighted by Crippen LogP contribution is 2.30. The summed E-state index contributed by atoms with van der Waals surface area (Å²) in [7, 11) is 0. The Morgan fingerprint density at radius 3 is 1.36 bits per heavy atom. The van der Waals surface area contributed by atoms with E-state index in [1.54, 1.807) is 0 Å². The maximum atomic E-state index is 9.09. The molecule has 0 spiro atoms. The molecular weight excluding hydrogens is 510 g/mol. The van der Waals surface area contributed by atoms with Crippen LogP contribution in [0.25, 0.3) is 49.8 Å². The van der Waals surface area contributed by atoms with Gasteiger partial charge in [0.2, 0.25) is 0 Å². The van der Waals surface area contributed by atoms with Gasteiger partial charge in [0.05, 0.1) is 22.4 Å². The lowest BCUT2D eigenvalue weighted by Crippen LogP contribution is -2.14. The van der Waals surface area contributed by atoms with Crippen molar-refractivity contribution in [1.29, 1.82) is 5.41 Å². The van der Waals surface area contributed by atoms with E-state index in [0.29, 0.717) is 5.71 Å². The maximum Gasteiger partial charge on any atom is 0.0709 e. The highest BCUT2D eigenvalue weighted by atomic mass is 15.4. The zero-order chi connectivity index (χ0) is 28.3. The highest BCUT2D eigenvalue weighted by molar-refractivity contribution is 6.12. The fraction of sp³-hybridized carbons (Fsp3) is 0. The molecule has 1 aromatic heterocycles. The predicted octanol–water partition coefficient (Wildman–Crippen LogP) is 9.78. The standard InChI is InChI=1S/C39H29N3/c40-36(32-23-19-30(20-24-32)28-11-3-1-4-12-28)27-37(33-25-21-31(22-26-33)29-13-5-2-6-14-29)41-42-38-17-9-7-15-34(38)35-16-8-10-18-39(35)42/h1-27,40-41H/b37-27-,40-36?. The Morgan fingerprint density at radius 1 is 0.452 bits per heavy atom. The van der Waals surface area contributed by atoms with E-state index in [4.69, 9.17) is 5.41 Å². The van der Waals surface area contributed by atoms with Crippen molar-refractivity contribution in [2.75, 3.05) is 5.43 Å². The Kier molecular flexibility index (Phi) is 6.67. The van der Waals surface area contributed by atoms with Crippen LogP contribution in [0.15, 0.2) is 164 Å². The molecule has 200 valence electrons. The van der Waals surface area contributed by atoms with E-state index >= 15 is 0 Å². The van der Waals surface area contributed by atoms with Gasteiger partial charge in [-0.1, -0.05) is 146 Å². The molecule has 0 unspecified atom stereocenters. The molecule has 0 saturated carbocycles. The number of aromatic nitrogens is 1. The molecule has 7 rings (SSSR count). The molecule has 0 bridgehead atoms. The van der Waals surface area contributed by atoms with Crippen LogP contribution >= 0.6 is 0 Å². The van der Waals surface area contributed by atoms with Crippen molar-refractivity contribution in [3.05, 3.63) is 175 Å². The van der Waals surface area contributed by atoms with Crippen LogP contribution in [0, 0.1) is 5.41 Å². The number of benzene rings is 6. The van der Waals surface area contributed by atoms with E-state index < -0.39 is 0 Å². The van der Waals surface area contributed by atoms with Gasteiger partial charge in [0.1, 0.15) is 0 Å². The van der Waals surface area contributed by atoms with E-state index in [1.165, 1.54) is 21.9 Å². The number of hydrogen-bond donors (Lipinski definition) is 2. The third-order valence-corrected chi connectivity index (χ3v) is 7.71. The lowest BCUT2D eigenvalue weighted by molar-refractivity contribution is 1.06. The van der Waals surface area contributed by atoms with E-state index in [-0.39, 0.29) is 0 Å². The Balaban J connectivity index is 1.30. The fourth-order valence-corrected chi connectivity index (χ4v) is 5.52. The van der Waals surface area contributed by atoms with Crippen LogP contribution in [0.1, 0.15) is 11.1 Å². The molecule has 0 aliphatic rings. The molecule has 0 fully saturated rings. The summed E-state index contributed by atoms with van der Waals surface area (Å²) in [6, 6.07) is 54.3. The Labute approximate surface area is 245 Å². The van der Waals surface area contributed by atoms with Crippen LogP contribution in [-0.2, 0) is 0 Å². The fourth-order valence-electron chi connectivity index (χ4n) is 5.52. The molecule has 0 aliphatic heterocycles. The van der Waals surface area contributed by atoms with Gasteiger partial charge in [0.25, 0.3) is 0 Å². The number of hydrogen-bond acceptors (Lipinski definition) is 2. The average Bonchev–Trinajstić information content (AvgIpc) is 3.38. The number of rotatable bonds is 7. The topological polar surface area (TPSA) is 40.8 Å². The number of nitrogens with one attached hydrogen (secondary N) is 2. The summed E-state index contributed by atoms with van der Waals surface area (Å²) < 4.78 is 2.13. The average molecular weight is 540 g/mol. The van der Waals surface area contributed by atoms with Gasteiger partial charge in [-0.05, 0) is 51.6 Å². The predicted molar refractivity (Wildman–Crippen MR) is 177 cm³/mol. The van der Waals surface area contributed by atoms with E-state index in [9.17, 15) is 0 Å². The van der Waals surface area contributed by atoms with Crippen LogP contribution in [-0.4, -0.2) is 10.4 Å². The second-order valence-electron chi connectivity index (χ2n) is 10.3. The third-order valence-electron chi connectivity index (χ3n) is 7.71. The largest absolute Gasteiger partial charge is 0.300 e. The second-order valence-corrected chi connectivity index (χ2v) is 10.3. The summed E-state index contributed by atoms with van der Waals surface area (Å²) in [6.45, 7) is 0. The highest BCUT2D eigenvalue weighted by Gasteiger charge is 2.13. The molecule has 1 heterocycles. The summed E-state index contributed by atoms with van der Waals surface area (Å²) in [5.41, 5.74) is 13.6. The number of para-hydroxylation sites is 2. The van der Waals surface area contributed by atoms with Crippen LogP contribution in [0.2, 0.25) is 0 Å².